The van der Waals surface area contributed by atoms with Gasteiger partial charge in [0.05, 0.1) is 37.1 Å². The van der Waals surface area contributed by atoms with Crippen molar-refractivity contribution < 1.29 is 22.3 Å². The van der Waals surface area contributed by atoms with E-state index in [9.17, 15) is 8.42 Å². The van der Waals surface area contributed by atoms with E-state index in [4.69, 9.17) is 13.9 Å². The van der Waals surface area contributed by atoms with Crippen molar-refractivity contribution in [1.29, 1.82) is 0 Å². The summed E-state index contributed by atoms with van der Waals surface area (Å²) in [6.45, 7) is 3.40. The zero-order valence-electron chi connectivity index (χ0n) is 19.1. The molecule has 4 rings (SSSR count). The van der Waals surface area contributed by atoms with Crippen molar-refractivity contribution >= 4 is 16.0 Å². The summed E-state index contributed by atoms with van der Waals surface area (Å²) in [6.07, 6.45) is 4.82. The van der Waals surface area contributed by atoms with Crippen molar-refractivity contribution in [1.82, 2.24) is 24.7 Å². The van der Waals surface area contributed by atoms with Crippen LogP contribution in [0.15, 0.2) is 53.4 Å². The van der Waals surface area contributed by atoms with Gasteiger partial charge in [0.25, 0.3) is 0 Å². The van der Waals surface area contributed by atoms with Crippen LogP contribution in [-0.2, 0) is 16.4 Å². The molecule has 3 aromatic heterocycles. The quantitative estimate of drug-likeness (QED) is 0.380. The summed E-state index contributed by atoms with van der Waals surface area (Å²) < 4.78 is 47.1. The first-order valence-electron chi connectivity index (χ1n) is 10.3. The first kappa shape index (κ1) is 23.2. The molecule has 12 heteroatoms. The zero-order chi connectivity index (χ0) is 24.3. The molecule has 0 aliphatic carbocycles. The van der Waals surface area contributed by atoms with Gasteiger partial charge >= 0.3 is 0 Å². The minimum absolute atomic E-state index is 0.0453. The van der Waals surface area contributed by atoms with E-state index in [1.54, 1.807) is 49.6 Å². The number of hydrogen-bond donors (Lipinski definition) is 1. The van der Waals surface area contributed by atoms with E-state index < -0.39 is 15.3 Å². The largest absolute Gasteiger partial charge is 0.494 e. The third kappa shape index (κ3) is 4.57. The second-order valence-electron chi connectivity index (χ2n) is 7.48. The maximum Gasteiger partial charge on any atom is 0.243 e. The minimum atomic E-state index is -3.90. The summed E-state index contributed by atoms with van der Waals surface area (Å²) >= 11 is 0. The van der Waals surface area contributed by atoms with E-state index in [0.29, 0.717) is 28.6 Å². The molecule has 0 aliphatic rings. The molecule has 1 N–H and O–H groups in total. The second-order valence-corrected chi connectivity index (χ2v) is 9.58. The van der Waals surface area contributed by atoms with Crippen LogP contribution in [0.25, 0.3) is 17.3 Å². The number of aromatic nitrogens is 5. The first-order chi connectivity index (χ1) is 16.3. The Bertz CT molecular complexity index is 1350. The molecule has 0 bridgehead atoms. The molecular weight excluding hydrogens is 460 g/mol. The predicted octanol–water partition coefficient (Wildman–Crippen LogP) is 3.02. The first-order valence-corrected chi connectivity index (χ1v) is 11.9. The molecule has 1 aromatic carbocycles. The molecule has 178 valence electrons. The average molecular weight is 485 g/mol. The Balaban J connectivity index is 1.77. The van der Waals surface area contributed by atoms with E-state index in [1.165, 1.54) is 25.0 Å². The lowest BCUT2D eigenvalue weighted by Crippen LogP contribution is -2.29. The van der Waals surface area contributed by atoms with Crippen LogP contribution in [0.1, 0.15) is 18.3 Å². The summed E-state index contributed by atoms with van der Waals surface area (Å²) in [6, 6.07) is 8.59. The van der Waals surface area contributed by atoms with Gasteiger partial charge in [-0.05, 0) is 38.1 Å². The molecule has 0 amide bonds. The summed E-state index contributed by atoms with van der Waals surface area (Å²) in [5.41, 5.74) is 1.73. The predicted molar refractivity (Wildman–Crippen MR) is 125 cm³/mol. The highest BCUT2D eigenvalue weighted by Crippen LogP contribution is 2.37. The maximum absolute atomic E-state index is 13.2. The van der Waals surface area contributed by atoms with Gasteiger partial charge in [-0.1, -0.05) is 6.07 Å². The topological polar surface area (TPSA) is 134 Å². The van der Waals surface area contributed by atoms with E-state index in [2.05, 4.69) is 24.9 Å². The fourth-order valence-corrected chi connectivity index (χ4v) is 4.31. The van der Waals surface area contributed by atoms with E-state index in [0.717, 1.165) is 5.69 Å². The smallest absolute Gasteiger partial charge is 0.243 e. The fraction of sp³-hybridized carbons (Fsp3) is 0.273. The lowest BCUT2D eigenvalue weighted by Gasteiger charge is -2.18. The van der Waals surface area contributed by atoms with Gasteiger partial charge in [-0.15, -0.1) is 10.2 Å². The zero-order valence-corrected chi connectivity index (χ0v) is 19.9. The Morgan fingerprint density at radius 2 is 1.79 bits per heavy atom. The van der Waals surface area contributed by atoms with Gasteiger partial charge in [0, 0.05) is 18.8 Å². The van der Waals surface area contributed by atoms with Crippen LogP contribution in [0.4, 0.5) is 5.95 Å². The number of rotatable bonds is 9. The van der Waals surface area contributed by atoms with Crippen LogP contribution in [0.2, 0.25) is 0 Å². The number of benzene rings is 1. The highest BCUT2D eigenvalue weighted by Gasteiger charge is 2.29. The molecule has 34 heavy (non-hydrogen) atoms. The number of methoxy groups -OCH3 is 2. The maximum atomic E-state index is 13.2. The van der Waals surface area contributed by atoms with Gasteiger partial charge in [0.15, 0.2) is 5.76 Å². The van der Waals surface area contributed by atoms with Gasteiger partial charge in [-0.25, -0.2) is 8.42 Å². The number of hydrogen-bond acceptors (Lipinski definition) is 9. The van der Waals surface area contributed by atoms with Crippen LogP contribution in [0.3, 0.4) is 0 Å². The van der Waals surface area contributed by atoms with Gasteiger partial charge in [-0.3, -0.25) is 19.3 Å². The highest BCUT2D eigenvalue weighted by atomic mass is 32.2. The van der Waals surface area contributed by atoms with Crippen molar-refractivity contribution in [2.45, 2.75) is 25.5 Å². The number of nitrogens with one attached hydrogen (secondary N) is 1. The Morgan fingerprint density at radius 3 is 2.38 bits per heavy atom. The molecule has 0 saturated heterocycles. The molecule has 3 heterocycles. The summed E-state index contributed by atoms with van der Waals surface area (Å²) in [7, 11) is -0.893. The van der Waals surface area contributed by atoms with Crippen LogP contribution in [-0.4, -0.2) is 52.6 Å². The SMILES string of the molecule is COc1cccc(OC)c1-n1c(NS(=O)(=O)[C@H](C)Cc2cnc(C)cn2)nnc1-c1ccco1. The molecular formula is C22H24N6O5S. The number of ether oxygens (including phenoxy) is 2. The summed E-state index contributed by atoms with van der Waals surface area (Å²) in [4.78, 5) is 8.43. The molecule has 4 aromatic rings. The number of anilines is 1. The van der Waals surface area contributed by atoms with E-state index >= 15 is 0 Å². The van der Waals surface area contributed by atoms with E-state index in [-0.39, 0.29) is 18.2 Å². The molecule has 0 radical (unpaired) electrons. The van der Waals surface area contributed by atoms with Gasteiger partial charge < -0.3 is 13.9 Å². The summed E-state index contributed by atoms with van der Waals surface area (Å²) in [5, 5.41) is 7.46. The van der Waals surface area contributed by atoms with Crippen molar-refractivity contribution in [3.63, 3.8) is 0 Å². The van der Waals surface area contributed by atoms with Gasteiger partial charge in [-0.2, -0.15) is 0 Å². The van der Waals surface area contributed by atoms with Crippen LogP contribution in [0, 0.1) is 6.92 Å². The number of furan rings is 1. The molecule has 0 aliphatic heterocycles. The molecule has 0 spiro atoms. The minimum Gasteiger partial charge on any atom is -0.494 e. The molecule has 0 unspecified atom stereocenters. The van der Waals surface area contributed by atoms with Crippen molar-refractivity contribution in [2.24, 2.45) is 0 Å². The van der Waals surface area contributed by atoms with Crippen LogP contribution in [0.5, 0.6) is 11.5 Å². The monoisotopic (exact) mass is 484 g/mol. The van der Waals surface area contributed by atoms with Crippen LogP contribution < -0.4 is 14.2 Å². The van der Waals surface area contributed by atoms with Crippen molar-refractivity contribution in [2.75, 3.05) is 18.9 Å². The Kier molecular flexibility index (Phi) is 6.50. The summed E-state index contributed by atoms with van der Waals surface area (Å²) in [5.74, 6) is 1.46. The van der Waals surface area contributed by atoms with E-state index in [1.807, 2.05) is 6.92 Å². The Morgan fingerprint density at radius 1 is 1.06 bits per heavy atom. The molecule has 11 nitrogen and oxygen atoms in total. The number of para-hydroxylation sites is 1. The molecule has 0 fully saturated rings. The Hall–Kier alpha value is -3.93. The number of nitrogens with zero attached hydrogens (tertiary/aromatic N) is 5. The third-order valence-electron chi connectivity index (χ3n) is 5.12. The standard InChI is InChI=1S/C22H24N6O5S/c1-14-12-24-16(13-23-14)11-15(2)34(29,30)27-22-26-25-21(19-9-6-10-33-19)28(22)20-17(31-3)7-5-8-18(20)32-4/h5-10,12-13,15H,11H2,1-4H3,(H,26,27)/t15-/m1/s1. The van der Waals surface area contributed by atoms with Crippen molar-refractivity contribution in [3.05, 3.63) is 60.4 Å². The van der Waals surface area contributed by atoms with Gasteiger partial charge in [0.1, 0.15) is 17.2 Å². The third-order valence-corrected chi connectivity index (χ3v) is 6.82. The lowest BCUT2D eigenvalue weighted by atomic mass is 10.2. The highest BCUT2D eigenvalue weighted by molar-refractivity contribution is 7.93. The second kappa shape index (κ2) is 9.51. The Labute approximate surface area is 196 Å². The fourth-order valence-electron chi connectivity index (χ4n) is 3.34. The van der Waals surface area contributed by atoms with Crippen LogP contribution >= 0.6 is 0 Å². The normalized spacial score (nSPS) is 12.4. The lowest BCUT2D eigenvalue weighted by molar-refractivity contribution is 0.391. The number of sulfonamides is 1. The molecule has 0 saturated carbocycles. The van der Waals surface area contributed by atoms with Crippen molar-refractivity contribution in [3.8, 4) is 28.8 Å². The number of aryl methyl sites for hydroxylation is 1. The average Bonchev–Trinajstić information content (AvgIpc) is 3.49. The molecule has 1 atom stereocenters. The van der Waals surface area contributed by atoms with Gasteiger partial charge in [0.2, 0.25) is 21.8 Å².